The van der Waals surface area contributed by atoms with E-state index in [2.05, 4.69) is 0 Å². The Morgan fingerprint density at radius 2 is 1.46 bits per heavy atom. The van der Waals surface area contributed by atoms with Crippen molar-refractivity contribution >= 4 is 15.8 Å². The molecule has 0 unspecified atom stereocenters. The van der Waals surface area contributed by atoms with Crippen LogP contribution in [0.2, 0.25) is 0 Å². The van der Waals surface area contributed by atoms with E-state index in [0.29, 0.717) is 5.56 Å². The van der Waals surface area contributed by atoms with Crippen molar-refractivity contribution in [3.05, 3.63) is 65.2 Å². The number of carbonyl (C=O) groups is 1. The van der Waals surface area contributed by atoms with Gasteiger partial charge in [0.1, 0.15) is 11.4 Å². The van der Waals surface area contributed by atoms with E-state index in [1.54, 1.807) is 24.3 Å². The Morgan fingerprint density at radius 3 is 2.04 bits per heavy atom. The van der Waals surface area contributed by atoms with Crippen molar-refractivity contribution < 1.29 is 17.9 Å². The minimum atomic E-state index is -3.59. The third kappa shape index (κ3) is 3.22. The van der Waals surface area contributed by atoms with E-state index in [1.165, 1.54) is 0 Å². The van der Waals surface area contributed by atoms with Gasteiger partial charge in [-0.1, -0.05) is 47.5 Å². The van der Waals surface area contributed by atoms with Gasteiger partial charge in [-0.05, 0) is 38.0 Å². The van der Waals surface area contributed by atoms with E-state index in [-0.39, 0.29) is 23.7 Å². The third-order valence-electron chi connectivity index (χ3n) is 4.38. The second kappa shape index (κ2) is 6.40. The zero-order chi connectivity index (χ0) is 17.3. The normalized spacial score (nSPS) is 21.3. The SMILES string of the molecule is Cc1ccc([C@H]2OC(=O)CC[C@H]2S(=O)(=O)c2ccc(C)cc2)cc1. The highest BCUT2D eigenvalue weighted by Crippen LogP contribution is 2.36. The number of sulfone groups is 1. The molecule has 126 valence electrons. The second-order valence-electron chi connectivity index (χ2n) is 6.26. The van der Waals surface area contributed by atoms with Gasteiger partial charge in [0.15, 0.2) is 9.84 Å². The quantitative estimate of drug-likeness (QED) is 0.799. The molecule has 0 aromatic heterocycles. The number of hydrogen-bond acceptors (Lipinski definition) is 4. The highest BCUT2D eigenvalue weighted by atomic mass is 32.2. The predicted molar refractivity (Wildman–Crippen MR) is 91.4 cm³/mol. The summed E-state index contributed by atoms with van der Waals surface area (Å²) in [6.45, 7) is 3.87. The van der Waals surface area contributed by atoms with Crippen molar-refractivity contribution in [1.29, 1.82) is 0 Å². The van der Waals surface area contributed by atoms with Crippen LogP contribution in [-0.2, 0) is 19.4 Å². The Bertz CT molecular complexity index is 836. The van der Waals surface area contributed by atoms with Crippen LogP contribution in [-0.4, -0.2) is 19.6 Å². The van der Waals surface area contributed by atoms with Gasteiger partial charge in [-0.2, -0.15) is 0 Å². The lowest BCUT2D eigenvalue weighted by atomic mass is 10.00. The Morgan fingerprint density at radius 1 is 0.917 bits per heavy atom. The number of rotatable bonds is 3. The molecule has 1 fully saturated rings. The number of carbonyl (C=O) groups excluding carboxylic acids is 1. The molecule has 2 atom stereocenters. The number of benzene rings is 2. The van der Waals surface area contributed by atoms with Gasteiger partial charge in [-0.25, -0.2) is 8.42 Å². The predicted octanol–water partition coefficient (Wildman–Crippen LogP) is 3.52. The average Bonchev–Trinajstić information content (AvgIpc) is 2.55. The largest absolute Gasteiger partial charge is 0.456 e. The molecular weight excluding hydrogens is 324 g/mol. The molecule has 5 heteroatoms. The van der Waals surface area contributed by atoms with E-state index in [0.717, 1.165) is 11.1 Å². The van der Waals surface area contributed by atoms with Gasteiger partial charge in [0, 0.05) is 6.42 Å². The van der Waals surface area contributed by atoms with Crippen LogP contribution in [0.4, 0.5) is 0 Å². The molecule has 1 aliphatic rings. The van der Waals surface area contributed by atoms with Gasteiger partial charge in [0.05, 0.1) is 4.90 Å². The van der Waals surface area contributed by atoms with Crippen molar-refractivity contribution in [2.24, 2.45) is 0 Å². The molecule has 4 nitrogen and oxygen atoms in total. The van der Waals surface area contributed by atoms with Crippen LogP contribution in [0.15, 0.2) is 53.4 Å². The molecule has 1 saturated heterocycles. The van der Waals surface area contributed by atoms with Crippen LogP contribution in [0.5, 0.6) is 0 Å². The molecule has 2 aromatic rings. The molecule has 0 radical (unpaired) electrons. The Hall–Kier alpha value is -2.14. The van der Waals surface area contributed by atoms with Crippen molar-refractivity contribution in [3.8, 4) is 0 Å². The monoisotopic (exact) mass is 344 g/mol. The molecule has 24 heavy (non-hydrogen) atoms. The Labute approximate surface area is 142 Å². The van der Waals surface area contributed by atoms with Crippen molar-refractivity contribution in [2.75, 3.05) is 0 Å². The zero-order valence-corrected chi connectivity index (χ0v) is 14.5. The standard InChI is InChI=1S/C19H20O4S/c1-13-3-7-15(8-4-13)19-17(11-12-18(20)23-19)24(21,22)16-9-5-14(2)6-10-16/h3-10,17,19H,11-12H2,1-2H3/t17-,19-/m1/s1. The van der Waals surface area contributed by atoms with Crippen LogP contribution in [0, 0.1) is 13.8 Å². The number of cyclic esters (lactones) is 1. The van der Waals surface area contributed by atoms with Gasteiger partial charge in [-0.15, -0.1) is 0 Å². The van der Waals surface area contributed by atoms with Crippen molar-refractivity contribution in [2.45, 2.75) is 42.9 Å². The van der Waals surface area contributed by atoms with Crippen LogP contribution in [0.3, 0.4) is 0 Å². The smallest absolute Gasteiger partial charge is 0.306 e. The molecule has 0 amide bonds. The second-order valence-corrected chi connectivity index (χ2v) is 8.42. The lowest BCUT2D eigenvalue weighted by molar-refractivity contribution is -0.153. The summed E-state index contributed by atoms with van der Waals surface area (Å²) in [5.74, 6) is -0.351. The highest BCUT2D eigenvalue weighted by molar-refractivity contribution is 7.92. The molecule has 0 saturated carbocycles. The van der Waals surface area contributed by atoms with Crippen molar-refractivity contribution in [3.63, 3.8) is 0 Å². The Balaban J connectivity index is 2.01. The van der Waals surface area contributed by atoms with Crippen LogP contribution in [0.25, 0.3) is 0 Å². The maximum absolute atomic E-state index is 13.1. The van der Waals surface area contributed by atoms with Crippen LogP contribution >= 0.6 is 0 Å². The summed E-state index contributed by atoms with van der Waals surface area (Å²) in [5, 5.41) is -0.763. The molecule has 3 rings (SSSR count). The summed E-state index contributed by atoms with van der Waals surface area (Å²) in [7, 11) is -3.59. The first-order chi connectivity index (χ1) is 11.4. The van der Waals surface area contributed by atoms with E-state index in [4.69, 9.17) is 4.74 Å². The third-order valence-corrected chi connectivity index (χ3v) is 6.59. The van der Waals surface area contributed by atoms with Gasteiger partial charge < -0.3 is 4.74 Å². The fourth-order valence-electron chi connectivity index (χ4n) is 2.95. The molecule has 1 heterocycles. The minimum absolute atomic E-state index is 0.123. The molecule has 0 spiro atoms. The van der Waals surface area contributed by atoms with Gasteiger partial charge >= 0.3 is 5.97 Å². The Kier molecular flexibility index (Phi) is 4.45. The lowest BCUT2D eigenvalue weighted by Crippen LogP contribution is -2.36. The molecular formula is C19H20O4S. The first-order valence-electron chi connectivity index (χ1n) is 7.94. The maximum atomic E-state index is 13.1. The fourth-order valence-corrected chi connectivity index (χ4v) is 4.78. The van der Waals surface area contributed by atoms with Crippen LogP contribution < -0.4 is 0 Å². The number of hydrogen-bond donors (Lipinski definition) is 0. The van der Waals surface area contributed by atoms with E-state index in [1.807, 2.05) is 38.1 Å². The zero-order valence-electron chi connectivity index (χ0n) is 13.7. The van der Waals surface area contributed by atoms with Crippen LogP contribution in [0.1, 0.15) is 35.6 Å². The summed E-state index contributed by atoms with van der Waals surface area (Å²) >= 11 is 0. The molecule has 0 N–H and O–H groups in total. The molecule has 0 aliphatic carbocycles. The summed E-state index contributed by atoms with van der Waals surface area (Å²) in [6, 6.07) is 14.2. The maximum Gasteiger partial charge on any atom is 0.306 e. The van der Waals surface area contributed by atoms with Gasteiger partial charge in [0.2, 0.25) is 0 Å². The van der Waals surface area contributed by atoms with Gasteiger partial charge in [0.25, 0.3) is 0 Å². The van der Waals surface area contributed by atoms with E-state index < -0.39 is 21.2 Å². The van der Waals surface area contributed by atoms with E-state index in [9.17, 15) is 13.2 Å². The number of ether oxygens (including phenoxy) is 1. The van der Waals surface area contributed by atoms with E-state index >= 15 is 0 Å². The summed E-state index contributed by atoms with van der Waals surface area (Å²) in [4.78, 5) is 12.0. The summed E-state index contributed by atoms with van der Waals surface area (Å²) in [5.41, 5.74) is 2.78. The number of esters is 1. The molecule has 1 aliphatic heterocycles. The topological polar surface area (TPSA) is 60.4 Å². The first-order valence-corrected chi connectivity index (χ1v) is 9.49. The van der Waals surface area contributed by atoms with Crippen molar-refractivity contribution in [1.82, 2.24) is 0 Å². The average molecular weight is 344 g/mol. The summed E-state index contributed by atoms with van der Waals surface area (Å²) < 4.78 is 31.6. The summed E-state index contributed by atoms with van der Waals surface area (Å²) in [6.07, 6.45) is -0.371. The fraction of sp³-hybridized carbons (Fsp3) is 0.316. The molecule has 2 aromatic carbocycles. The molecule has 0 bridgehead atoms. The van der Waals surface area contributed by atoms with Gasteiger partial charge in [-0.3, -0.25) is 4.79 Å². The highest BCUT2D eigenvalue weighted by Gasteiger charge is 2.41. The lowest BCUT2D eigenvalue weighted by Gasteiger charge is -2.31. The minimum Gasteiger partial charge on any atom is -0.456 e. The number of aryl methyl sites for hydroxylation is 2. The first kappa shape index (κ1) is 16.7.